The molecule has 2 atom stereocenters. The van der Waals surface area contributed by atoms with E-state index in [-0.39, 0.29) is 17.2 Å². The molecule has 0 aliphatic rings. The fourth-order valence-corrected chi connectivity index (χ4v) is 2.88. The lowest BCUT2D eigenvalue weighted by Crippen LogP contribution is -2.46. The Hall–Kier alpha value is -0.583. The van der Waals surface area contributed by atoms with Crippen molar-refractivity contribution in [3.8, 4) is 0 Å². The quantitative estimate of drug-likeness (QED) is 0.818. The molecule has 0 spiro atoms. The van der Waals surface area contributed by atoms with Gasteiger partial charge in [-0.15, -0.1) is 0 Å². The average Bonchev–Trinajstić information content (AvgIpc) is 2.76. The van der Waals surface area contributed by atoms with E-state index in [0.717, 1.165) is 5.76 Å². The second-order valence-electron chi connectivity index (χ2n) is 7.14. The first kappa shape index (κ1) is 16.5. The molecule has 1 aromatic rings. The Morgan fingerprint density at radius 1 is 1.26 bits per heavy atom. The Morgan fingerprint density at radius 2 is 1.84 bits per heavy atom. The van der Waals surface area contributed by atoms with Crippen LogP contribution in [0.1, 0.15) is 46.5 Å². The molecule has 3 nitrogen and oxygen atoms in total. The summed E-state index contributed by atoms with van der Waals surface area (Å²) in [6, 6.07) is 3.80. The van der Waals surface area contributed by atoms with Gasteiger partial charge in [0.1, 0.15) is 11.9 Å². The molecule has 1 rings (SSSR count). The van der Waals surface area contributed by atoms with Crippen LogP contribution in [-0.2, 0) is 4.43 Å². The van der Waals surface area contributed by atoms with Gasteiger partial charge in [0.2, 0.25) is 0 Å². The monoisotopic (exact) mass is 283 g/mol. The third-order valence-electron chi connectivity index (χ3n) is 4.17. The molecular formula is C15H29NO2Si. The maximum absolute atomic E-state index is 6.49. The standard InChI is InChI=1S/C15H29NO2Si/c1-11(2)13(16)14(12-9-8-10-17-12)18-19(6,7)15(3,4)5/h8-11,13-14H,16H2,1-7H3/t13-,14+/m0/s1. The van der Waals surface area contributed by atoms with Gasteiger partial charge in [0.15, 0.2) is 8.32 Å². The predicted molar refractivity (Wildman–Crippen MR) is 82.5 cm³/mol. The molecule has 2 N–H and O–H groups in total. The zero-order chi connectivity index (χ0) is 14.8. The third-order valence-corrected chi connectivity index (χ3v) is 8.63. The topological polar surface area (TPSA) is 48.4 Å². The molecule has 0 radical (unpaired) electrons. The van der Waals surface area contributed by atoms with E-state index in [1.54, 1.807) is 6.26 Å². The van der Waals surface area contributed by atoms with Gasteiger partial charge < -0.3 is 14.6 Å². The van der Waals surface area contributed by atoms with Crippen molar-refractivity contribution in [2.45, 2.75) is 64.9 Å². The van der Waals surface area contributed by atoms with Crippen molar-refractivity contribution in [1.82, 2.24) is 0 Å². The van der Waals surface area contributed by atoms with Crippen LogP contribution in [0, 0.1) is 5.92 Å². The van der Waals surface area contributed by atoms with Crippen LogP contribution >= 0.6 is 0 Å². The molecule has 110 valence electrons. The van der Waals surface area contributed by atoms with E-state index < -0.39 is 8.32 Å². The molecule has 0 unspecified atom stereocenters. The summed E-state index contributed by atoms with van der Waals surface area (Å²) in [6.07, 6.45) is 1.53. The zero-order valence-electron chi connectivity index (χ0n) is 13.4. The SMILES string of the molecule is CC(C)[C@H](N)[C@H](O[Si](C)(C)C(C)(C)C)c1ccco1. The summed E-state index contributed by atoms with van der Waals surface area (Å²) in [5, 5.41) is 0.161. The molecule has 0 aromatic carbocycles. The second kappa shape index (κ2) is 5.81. The van der Waals surface area contributed by atoms with Crippen LogP contribution in [0.4, 0.5) is 0 Å². The van der Waals surface area contributed by atoms with Crippen molar-refractivity contribution < 1.29 is 8.84 Å². The molecule has 0 aliphatic heterocycles. The summed E-state index contributed by atoms with van der Waals surface area (Å²) in [4.78, 5) is 0. The number of nitrogens with two attached hydrogens (primary N) is 1. The highest BCUT2D eigenvalue weighted by molar-refractivity contribution is 6.74. The van der Waals surface area contributed by atoms with Crippen LogP contribution in [0.5, 0.6) is 0 Å². The average molecular weight is 283 g/mol. The largest absolute Gasteiger partial charge is 0.467 e. The zero-order valence-corrected chi connectivity index (χ0v) is 14.4. The summed E-state index contributed by atoms with van der Waals surface area (Å²) in [6.45, 7) is 15.4. The first-order chi connectivity index (χ1) is 8.56. The molecular weight excluding hydrogens is 254 g/mol. The van der Waals surface area contributed by atoms with Gasteiger partial charge in [0.05, 0.1) is 6.26 Å². The summed E-state index contributed by atoms with van der Waals surface area (Å²) in [5.74, 6) is 1.19. The van der Waals surface area contributed by atoms with Crippen LogP contribution in [0.15, 0.2) is 22.8 Å². The van der Waals surface area contributed by atoms with Crippen LogP contribution < -0.4 is 5.73 Å². The number of rotatable bonds is 5. The molecule has 0 bridgehead atoms. The lowest BCUT2D eigenvalue weighted by Gasteiger charge is -2.40. The fraction of sp³-hybridized carbons (Fsp3) is 0.733. The van der Waals surface area contributed by atoms with Crippen molar-refractivity contribution in [2.75, 3.05) is 0 Å². The maximum atomic E-state index is 6.49. The summed E-state index contributed by atoms with van der Waals surface area (Å²) < 4.78 is 12.0. The van der Waals surface area contributed by atoms with Gasteiger partial charge in [-0.05, 0) is 36.2 Å². The lowest BCUT2D eigenvalue weighted by atomic mass is 9.98. The Labute approximate surface area is 118 Å². The highest BCUT2D eigenvalue weighted by Gasteiger charge is 2.41. The van der Waals surface area contributed by atoms with Crippen LogP contribution in [0.25, 0.3) is 0 Å². The molecule has 0 fully saturated rings. The van der Waals surface area contributed by atoms with E-state index in [2.05, 4.69) is 47.7 Å². The minimum absolute atomic E-state index is 0.0553. The summed E-state index contributed by atoms with van der Waals surface area (Å²) in [7, 11) is -1.87. The minimum atomic E-state index is -1.87. The van der Waals surface area contributed by atoms with E-state index in [1.807, 2.05) is 12.1 Å². The predicted octanol–water partition coefficient (Wildman–Crippen LogP) is 4.33. The van der Waals surface area contributed by atoms with Gasteiger partial charge in [-0.25, -0.2) is 0 Å². The van der Waals surface area contributed by atoms with Crippen molar-refractivity contribution >= 4 is 8.32 Å². The van der Waals surface area contributed by atoms with Gasteiger partial charge in [-0.2, -0.15) is 0 Å². The van der Waals surface area contributed by atoms with Gasteiger partial charge in [0, 0.05) is 6.04 Å². The fourth-order valence-electron chi connectivity index (χ4n) is 1.62. The van der Waals surface area contributed by atoms with E-state index in [0.29, 0.717) is 5.92 Å². The van der Waals surface area contributed by atoms with Crippen molar-refractivity contribution in [2.24, 2.45) is 11.7 Å². The van der Waals surface area contributed by atoms with Gasteiger partial charge in [-0.1, -0.05) is 34.6 Å². The van der Waals surface area contributed by atoms with E-state index in [4.69, 9.17) is 14.6 Å². The van der Waals surface area contributed by atoms with Gasteiger partial charge >= 0.3 is 0 Å². The Morgan fingerprint density at radius 3 is 2.21 bits per heavy atom. The smallest absolute Gasteiger partial charge is 0.193 e. The summed E-state index contributed by atoms with van der Waals surface area (Å²) in [5.41, 5.74) is 6.34. The first-order valence-corrected chi connectivity index (χ1v) is 9.94. The summed E-state index contributed by atoms with van der Waals surface area (Å²) >= 11 is 0. The van der Waals surface area contributed by atoms with E-state index >= 15 is 0 Å². The Balaban J connectivity index is 3.00. The third kappa shape index (κ3) is 3.94. The molecule has 19 heavy (non-hydrogen) atoms. The van der Waals surface area contributed by atoms with Gasteiger partial charge in [-0.3, -0.25) is 0 Å². The molecule has 0 saturated carbocycles. The second-order valence-corrected chi connectivity index (χ2v) is 11.9. The highest BCUT2D eigenvalue weighted by atomic mass is 28.4. The number of furan rings is 1. The first-order valence-electron chi connectivity index (χ1n) is 7.03. The minimum Gasteiger partial charge on any atom is -0.467 e. The molecule has 0 saturated heterocycles. The van der Waals surface area contributed by atoms with Crippen LogP contribution in [0.3, 0.4) is 0 Å². The Kier molecular flexibility index (Phi) is 5.04. The van der Waals surface area contributed by atoms with Crippen molar-refractivity contribution in [3.05, 3.63) is 24.2 Å². The molecule has 4 heteroatoms. The van der Waals surface area contributed by atoms with Crippen LogP contribution in [0.2, 0.25) is 18.1 Å². The molecule has 1 heterocycles. The molecule has 0 amide bonds. The van der Waals surface area contributed by atoms with Gasteiger partial charge in [0.25, 0.3) is 0 Å². The van der Waals surface area contributed by atoms with E-state index in [1.165, 1.54) is 0 Å². The highest BCUT2D eigenvalue weighted by Crippen LogP contribution is 2.41. The normalized spacial score (nSPS) is 16.7. The number of hydrogen-bond acceptors (Lipinski definition) is 3. The molecule has 0 aliphatic carbocycles. The Bertz CT molecular complexity index is 379. The van der Waals surface area contributed by atoms with Crippen LogP contribution in [-0.4, -0.2) is 14.4 Å². The maximum Gasteiger partial charge on any atom is 0.193 e. The van der Waals surface area contributed by atoms with E-state index in [9.17, 15) is 0 Å². The van der Waals surface area contributed by atoms with Crippen molar-refractivity contribution in [3.63, 3.8) is 0 Å². The molecule has 1 aromatic heterocycles. The number of hydrogen-bond donors (Lipinski definition) is 1. The van der Waals surface area contributed by atoms with Crippen molar-refractivity contribution in [1.29, 1.82) is 0 Å². The lowest BCUT2D eigenvalue weighted by molar-refractivity contribution is 0.111.